The van der Waals surface area contributed by atoms with Crippen molar-refractivity contribution in [2.75, 3.05) is 17.6 Å². The third kappa shape index (κ3) is 3.86. The van der Waals surface area contributed by atoms with Crippen molar-refractivity contribution in [2.24, 2.45) is 17.0 Å². The van der Waals surface area contributed by atoms with Crippen molar-refractivity contribution in [2.45, 2.75) is 37.5 Å². The highest BCUT2D eigenvalue weighted by molar-refractivity contribution is 7.89. The molecule has 0 aliphatic heterocycles. The maximum Gasteiger partial charge on any atom is 0.240 e. The molecule has 6 heteroatoms. The summed E-state index contributed by atoms with van der Waals surface area (Å²) in [6.07, 6.45) is 4.87. The zero-order chi connectivity index (χ0) is 14.8. The first-order chi connectivity index (χ1) is 9.36. The summed E-state index contributed by atoms with van der Waals surface area (Å²) in [5, 5.41) is 8.45. The monoisotopic (exact) mass is 297 g/mol. The first-order valence-corrected chi connectivity index (χ1v) is 8.57. The Morgan fingerprint density at radius 3 is 2.50 bits per heavy atom. The Morgan fingerprint density at radius 2 is 1.90 bits per heavy atom. The lowest BCUT2D eigenvalue weighted by Crippen LogP contribution is -2.22. The van der Waals surface area contributed by atoms with E-state index in [1.54, 1.807) is 12.1 Å². The number of rotatable bonds is 4. The van der Waals surface area contributed by atoms with Crippen LogP contribution in [-0.2, 0) is 10.0 Å². The molecule has 20 heavy (non-hydrogen) atoms. The van der Waals surface area contributed by atoms with Crippen LogP contribution in [0.2, 0.25) is 0 Å². The number of sulfonamides is 1. The fourth-order valence-corrected chi connectivity index (χ4v) is 3.45. The molecule has 1 aromatic carbocycles. The number of nitrogen functional groups attached to an aromatic ring is 1. The minimum Gasteiger partial charge on any atom is -0.399 e. The van der Waals surface area contributed by atoms with E-state index in [4.69, 9.17) is 10.9 Å². The first kappa shape index (κ1) is 15.1. The molecule has 0 spiro atoms. The summed E-state index contributed by atoms with van der Waals surface area (Å²) in [6.45, 7) is 3.06. The van der Waals surface area contributed by atoms with Gasteiger partial charge in [0, 0.05) is 12.2 Å². The van der Waals surface area contributed by atoms with Gasteiger partial charge in [0.1, 0.15) is 4.90 Å². The zero-order valence-electron chi connectivity index (χ0n) is 11.8. The van der Waals surface area contributed by atoms with Crippen LogP contribution in [0.25, 0.3) is 0 Å². The van der Waals surface area contributed by atoms with E-state index in [0.717, 1.165) is 12.5 Å². The largest absolute Gasteiger partial charge is 0.399 e. The molecule has 0 bridgehead atoms. The van der Waals surface area contributed by atoms with Crippen molar-refractivity contribution in [1.29, 1.82) is 0 Å². The summed E-state index contributed by atoms with van der Waals surface area (Å²) < 4.78 is 23.2. The quantitative estimate of drug-likeness (QED) is 0.742. The highest BCUT2D eigenvalue weighted by atomic mass is 32.2. The molecule has 1 aromatic rings. The normalized spacial score (nSPS) is 23.5. The number of primary sulfonamides is 1. The predicted molar refractivity (Wildman–Crippen MR) is 81.8 cm³/mol. The maximum atomic E-state index is 11.6. The Bertz CT molecular complexity index is 564. The van der Waals surface area contributed by atoms with Gasteiger partial charge >= 0.3 is 0 Å². The number of benzene rings is 1. The van der Waals surface area contributed by atoms with E-state index in [-0.39, 0.29) is 4.90 Å². The zero-order valence-corrected chi connectivity index (χ0v) is 12.6. The van der Waals surface area contributed by atoms with Gasteiger partial charge in [-0.3, -0.25) is 0 Å². The Morgan fingerprint density at radius 1 is 1.25 bits per heavy atom. The third-order valence-corrected chi connectivity index (χ3v) is 4.98. The van der Waals surface area contributed by atoms with Crippen molar-refractivity contribution < 1.29 is 8.42 Å². The van der Waals surface area contributed by atoms with Crippen LogP contribution in [0, 0.1) is 11.8 Å². The molecule has 1 fully saturated rings. The molecule has 0 aromatic heterocycles. The van der Waals surface area contributed by atoms with Crippen LogP contribution in [0.15, 0.2) is 23.1 Å². The summed E-state index contributed by atoms with van der Waals surface area (Å²) in [5.74, 6) is 1.40. The molecule has 1 saturated carbocycles. The maximum absolute atomic E-state index is 11.6. The van der Waals surface area contributed by atoms with Crippen molar-refractivity contribution in [3.8, 4) is 0 Å². The van der Waals surface area contributed by atoms with E-state index in [0.29, 0.717) is 17.3 Å². The smallest absolute Gasteiger partial charge is 0.240 e. The van der Waals surface area contributed by atoms with E-state index in [1.165, 1.54) is 31.7 Å². The van der Waals surface area contributed by atoms with Gasteiger partial charge in [-0.05, 0) is 42.9 Å². The van der Waals surface area contributed by atoms with E-state index in [1.807, 2.05) is 0 Å². The molecule has 0 unspecified atom stereocenters. The molecular weight excluding hydrogens is 274 g/mol. The lowest BCUT2D eigenvalue weighted by atomic mass is 9.83. The first-order valence-electron chi connectivity index (χ1n) is 7.02. The fourth-order valence-electron chi connectivity index (χ4n) is 2.71. The highest BCUT2D eigenvalue weighted by Gasteiger charge is 2.19. The van der Waals surface area contributed by atoms with Gasteiger partial charge in [-0.1, -0.05) is 19.8 Å². The van der Waals surface area contributed by atoms with Gasteiger partial charge in [-0.15, -0.1) is 0 Å². The molecule has 5 N–H and O–H groups in total. The van der Waals surface area contributed by atoms with E-state index >= 15 is 0 Å². The molecule has 0 heterocycles. The minimum atomic E-state index is -3.76. The molecule has 112 valence electrons. The molecule has 0 saturated heterocycles. The number of nitrogens with one attached hydrogen (secondary N) is 1. The molecule has 1 aliphatic carbocycles. The molecule has 0 amide bonds. The number of hydrogen-bond donors (Lipinski definition) is 3. The van der Waals surface area contributed by atoms with Gasteiger partial charge in [0.25, 0.3) is 0 Å². The topological polar surface area (TPSA) is 98.2 Å². The molecule has 0 radical (unpaired) electrons. The molecule has 2 rings (SSSR count). The summed E-state index contributed by atoms with van der Waals surface area (Å²) in [6, 6.07) is 4.76. The van der Waals surface area contributed by atoms with Crippen molar-refractivity contribution in [1.82, 2.24) is 0 Å². The Hall–Kier alpha value is -1.27. The third-order valence-electron chi connectivity index (χ3n) is 4.03. The predicted octanol–water partition coefficient (Wildman–Crippen LogP) is 2.15. The lowest BCUT2D eigenvalue weighted by Gasteiger charge is -2.26. The van der Waals surface area contributed by atoms with Gasteiger partial charge in [-0.25, -0.2) is 13.6 Å². The molecule has 0 atom stereocenters. The SMILES string of the molecule is CC1CCC(CNc2ccc(N)cc2S(N)(=O)=O)CC1. The van der Waals surface area contributed by atoms with Crippen LogP contribution in [0.3, 0.4) is 0 Å². The highest BCUT2D eigenvalue weighted by Crippen LogP contribution is 2.29. The fraction of sp³-hybridized carbons (Fsp3) is 0.571. The second kappa shape index (κ2) is 6.01. The molecular formula is C14H23N3O2S. The van der Waals surface area contributed by atoms with E-state index < -0.39 is 10.0 Å². The van der Waals surface area contributed by atoms with Crippen LogP contribution in [0.5, 0.6) is 0 Å². The van der Waals surface area contributed by atoms with Gasteiger partial charge in [0.15, 0.2) is 0 Å². The van der Waals surface area contributed by atoms with Crippen molar-refractivity contribution >= 4 is 21.4 Å². The number of anilines is 2. The Balaban J connectivity index is 2.06. The molecule has 1 aliphatic rings. The van der Waals surface area contributed by atoms with E-state index in [2.05, 4.69) is 12.2 Å². The lowest BCUT2D eigenvalue weighted by molar-refractivity contribution is 0.300. The van der Waals surface area contributed by atoms with Crippen molar-refractivity contribution in [3.63, 3.8) is 0 Å². The second-order valence-electron chi connectivity index (χ2n) is 5.81. The van der Waals surface area contributed by atoms with Crippen LogP contribution in [0.1, 0.15) is 32.6 Å². The van der Waals surface area contributed by atoms with Crippen LogP contribution in [0.4, 0.5) is 11.4 Å². The average Bonchev–Trinajstić information content (AvgIpc) is 2.38. The number of hydrogen-bond acceptors (Lipinski definition) is 4. The summed E-state index contributed by atoms with van der Waals surface area (Å²) >= 11 is 0. The molecule has 5 nitrogen and oxygen atoms in total. The Labute approximate surface area is 120 Å². The van der Waals surface area contributed by atoms with Crippen molar-refractivity contribution in [3.05, 3.63) is 18.2 Å². The van der Waals surface area contributed by atoms with Gasteiger partial charge in [0.2, 0.25) is 10.0 Å². The Kier molecular flexibility index (Phi) is 4.55. The van der Waals surface area contributed by atoms with Gasteiger partial charge < -0.3 is 11.1 Å². The van der Waals surface area contributed by atoms with Gasteiger partial charge in [0.05, 0.1) is 5.69 Å². The van der Waals surface area contributed by atoms with E-state index in [9.17, 15) is 8.42 Å². The summed E-state index contributed by atoms with van der Waals surface area (Å²) in [7, 11) is -3.76. The average molecular weight is 297 g/mol. The van der Waals surface area contributed by atoms with Crippen LogP contribution >= 0.6 is 0 Å². The summed E-state index contributed by atoms with van der Waals surface area (Å²) in [5.41, 5.74) is 6.57. The number of nitrogens with two attached hydrogens (primary N) is 2. The summed E-state index contributed by atoms with van der Waals surface area (Å²) in [4.78, 5) is 0.0710. The second-order valence-corrected chi connectivity index (χ2v) is 7.34. The van der Waals surface area contributed by atoms with Crippen LogP contribution < -0.4 is 16.2 Å². The standard InChI is InChI=1S/C14H23N3O2S/c1-10-2-4-11(5-3-10)9-17-13-7-6-12(15)8-14(13)20(16,18)19/h6-8,10-11,17H,2-5,9,15H2,1H3,(H2,16,18,19). The van der Waals surface area contributed by atoms with Crippen LogP contribution in [-0.4, -0.2) is 15.0 Å². The van der Waals surface area contributed by atoms with Gasteiger partial charge in [-0.2, -0.15) is 0 Å². The minimum absolute atomic E-state index is 0.0710.